The Labute approximate surface area is 296 Å². The van der Waals surface area contributed by atoms with Gasteiger partial charge in [0.25, 0.3) is 0 Å². The van der Waals surface area contributed by atoms with Gasteiger partial charge in [0.2, 0.25) is 0 Å². The fourth-order valence-electron chi connectivity index (χ4n) is 5.73. The minimum absolute atomic E-state index is 0.118. The Bertz CT molecular complexity index is 2330. The first-order valence-corrected chi connectivity index (χ1v) is 16.4. The van der Waals surface area contributed by atoms with Crippen LogP contribution in [0.25, 0.3) is 56.2 Å². The number of hydrogen-bond donors (Lipinski definition) is 3. The minimum atomic E-state index is 0.118. The van der Waals surface area contributed by atoms with Gasteiger partial charge in [0.05, 0.1) is 45.6 Å². The highest BCUT2D eigenvalue weighted by Crippen LogP contribution is 2.30. The van der Waals surface area contributed by atoms with Gasteiger partial charge in [-0.05, 0) is 101 Å². The summed E-state index contributed by atoms with van der Waals surface area (Å²) in [4.78, 5) is 18.2. The summed E-state index contributed by atoms with van der Waals surface area (Å²) in [5.41, 5.74) is 17.4. The molecule has 244 valence electrons. The average Bonchev–Trinajstić information content (AvgIpc) is 3.20. The summed E-state index contributed by atoms with van der Waals surface area (Å²) in [5.74, 6) is 0. The second kappa shape index (κ2) is 15.0. The molecular formula is C44H33N7. The van der Waals surface area contributed by atoms with Crippen molar-refractivity contribution in [1.29, 1.82) is 10.8 Å². The Morgan fingerprint density at radius 2 is 0.882 bits per heavy atom. The van der Waals surface area contributed by atoms with E-state index in [1.165, 1.54) is 11.1 Å². The van der Waals surface area contributed by atoms with E-state index < -0.39 is 0 Å². The summed E-state index contributed by atoms with van der Waals surface area (Å²) in [6.45, 7) is 0. The molecule has 3 aromatic carbocycles. The van der Waals surface area contributed by atoms with E-state index in [1.807, 2.05) is 127 Å². The van der Waals surface area contributed by atoms with E-state index >= 15 is 0 Å². The van der Waals surface area contributed by atoms with Gasteiger partial charge in [-0.3, -0.25) is 20.8 Å². The second-order valence-electron chi connectivity index (χ2n) is 11.8. The molecule has 4 aromatic heterocycles. The fourth-order valence-corrected chi connectivity index (χ4v) is 5.73. The van der Waals surface area contributed by atoms with Crippen LogP contribution in [0.3, 0.4) is 0 Å². The normalized spacial score (nSPS) is 12.3. The van der Waals surface area contributed by atoms with E-state index in [4.69, 9.17) is 26.5 Å². The van der Waals surface area contributed by atoms with Gasteiger partial charge in [-0.15, -0.1) is 0 Å². The zero-order valence-electron chi connectivity index (χ0n) is 27.6. The molecule has 0 saturated heterocycles. The molecule has 0 unspecified atom stereocenters. The SMILES string of the molecule is N=C1C=C(c2cccc(-c3ccccn3)n2)C=C(c2cccc(-c3ccccn3)n2)C1=N.Nc1cc(-c2ccccc2)cc(-c2ccccc2)c1. The highest BCUT2D eigenvalue weighted by Gasteiger charge is 2.21. The smallest absolute Gasteiger partial charge is 0.0893 e. The van der Waals surface area contributed by atoms with E-state index in [0.29, 0.717) is 17.0 Å². The molecule has 0 amide bonds. The van der Waals surface area contributed by atoms with Crippen molar-refractivity contribution in [2.75, 3.05) is 5.73 Å². The molecule has 8 rings (SSSR count). The maximum atomic E-state index is 8.47. The van der Waals surface area contributed by atoms with Crippen LogP contribution in [0.1, 0.15) is 11.4 Å². The van der Waals surface area contributed by atoms with E-state index in [-0.39, 0.29) is 11.4 Å². The summed E-state index contributed by atoms with van der Waals surface area (Å²) < 4.78 is 0. The number of rotatable bonds is 6. The first-order chi connectivity index (χ1) is 25.0. The highest BCUT2D eigenvalue weighted by atomic mass is 14.8. The minimum Gasteiger partial charge on any atom is -0.399 e. The zero-order chi connectivity index (χ0) is 35.0. The van der Waals surface area contributed by atoms with Gasteiger partial charge in [0, 0.05) is 29.2 Å². The van der Waals surface area contributed by atoms with Crippen LogP contribution in [0.5, 0.6) is 0 Å². The molecule has 4 heterocycles. The predicted octanol–water partition coefficient (Wildman–Crippen LogP) is 9.72. The molecule has 0 atom stereocenters. The first-order valence-electron chi connectivity index (χ1n) is 16.4. The van der Waals surface area contributed by atoms with Gasteiger partial charge in [0.1, 0.15) is 0 Å². The van der Waals surface area contributed by atoms with Crippen LogP contribution in [-0.2, 0) is 0 Å². The molecule has 0 saturated carbocycles. The third kappa shape index (κ3) is 7.63. The van der Waals surface area contributed by atoms with Crippen LogP contribution in [0.15, 0.2) is 176 Å². The van der Waals surface area contributed by atoms with Gasteiger partial charge in [-0.2, -0.15) is 0 Å². The average molecular weight is 660 g/mol. The predicted molar refractivity (Wildman–Crippen MR) is 208 cm³/mol. The quantitative estimate of drug-likeness (QED) is 0.121. The van der Waals surface area contributed by atoms with E-state index in [9.17, 15) is 0 Å². The molecule has 7 aromatic rings. The zero-order valence-corrected chi connectivity index (χ0v) is 27.6. The van der Waals surface area contributed by atoms with Crippen molar-refractivity contribution in [2.45, 2.75) is 0 Å². The van der Waals surface area contributed by atoms with Gasteiger partial charge in [0.15, 0.2) is 0 Å². The highest BCUT2D eigenvalue weighted by molar-refractivity contribution is 6.61. The standard InChI is InChI=1S/C26H18N6.C18H15N/c27-19-16-17(20-9-5-11-24(31-20)22-7-1-3-13-29-22)15-18(26(19)28)21-10-6-12-25(32-21)23-8-2-4-14-30-23;19-18-12-16(14-7-3-1-4-8-14)11-17(13-18)15-9-5-2-6-10-15/h1-16,27-28H;1-13H,19H2. The Balaban J connectivity index is 0.000000182. The largest absolute Gasteiger partial charge is 0.399 e. The lowest BCUT2D eigenvalue weighted by Gasteiger charge is -2.16. The number of nitrogens with one attached hydrogen (secondary N) is 2. The molecule has 4 N–H and O–H groups in total. The summed E-state index contributed by atoms with van der Waals surface area (Å²) in [6.07, 6.45) is 7.00. The lowest BCUT2D eigenvalue weighted by Crippen LogP contribution is -2.17. The molecule has 0 fully saturated rings. The topological polar surface area (TPSA) is 125 Å². The molecule has 0 bridgehead atoms. The van der Waals surface area contributed by atoms with Crippen molar-refractivity contribution in [3.63, 3.8) is 0 Å². The first kappa shape index (κ1) is 32.4. The van der Waals surface area contributed by atoms with Crippen LogP contribution in [0, 0.1) is 10.8 Å². The van der Waals surface area contributed by atoms with Crippen molar-refractivity contribution in [2.24, 2.45) is 0 Å². The van der Waals surface area contributed by atoms with Crippen molar-refractivity contribution in [3.8, 4) is 45.0 Å². The van der Waals surface area contributed by atoms with Crippen LogP contribution in [-0.4, -0.2) is 31.4 Å². The maximum absolute atomic E-state index is 8.47. The molecule has 1 aliphatic carbocycles. The number of allylic oxidation sites excluding steroid dienone is 4. The monoisotopic (exact) mass is 659 g/mol. The molecule has 1 aliphatic rings. The molecule has 0 spiro atoms. The Hall–Kier alpha value is -7.12. The van der Waals surface area contributed by atoms with Gasteiger partial charge in [-0.25, -0.2) is 9.97 Å². The van der Waals surface area contributed by atoms with Crippen LogP contribution >= 0.6 is 0 Å². The number of anilines is 1. The Morgan fingerprint density at radius 3 is 1.41 bits per heavy atom. The number of nitrogen functional groups attached to an aromatic ring is 1. The number of pyridine rings is 4. The van der Waals surface area contributed by atoms with Crippen molar-refractivity contribution in [1.82, 2.24) is 19.9 Å². The van der Waals surface area contributed by atoms with Crippen molar-refractivity contribution < 1.29 is 0 Å². The van der Waals surface area contributed by atoms with Gasteiger partial charge in [-0.1, -0.05) is 84.9 Å². The maximum Gasteiger partial charge on any atom is 0.0893 e. The lowest BCUT2D eigenvalue weighted by atomic mass is 9.91. The van der Waals surface area contributed by atoms with Crippen LogP contribution in [0.2, 0.25) is 0 Å². The third-order valence-corrected chi connectivity index (χ3v) is 8.23. The molecule has 7 heteroatoms. The van der Waals surface area contributed by atoms with Crippen molar-refractivity contribution >= 4 is 28.3 Å². The van der Waals surface area contributed by atoms with E-state index in [0.717, 1.165) is 45.2 Å². The van der Waals surface area contributed by atoms with Crippen molar-refractivity contribution in [3.05, 3.63) is 188 Å². The molecule has 0 aliphatic heterocycles. The fraction of sp³-hybridized carbons (Fsp3) is 0. The molecule has 51 heavy (non-hydrogen) atoms. The number of nitrogens with zero attached hydrogens (tertiary/aromatic N) is 4. The van der Waals surface area contributed by atoms with Gasteiger partial charge >= 0.3 is 0 Å². The number of hydrogen-bond acceptors (Lipinski definition) is 7. The lowest BCUT2D eigenvalue weighted by molar-refractivity contribution is 1.22. The van der Waals surface area contributed by atoms with Gasteiger partial charge < -0.3 is 5.73 Å². The number of aromatic nitrogens is 4. The number of benzene rings is 3. The summed E-state index contributed by atoms with van der Waals surface area (Å²) >= 11 is 0. The second-order valence-corrected chi connectivity index (χ2v) is 11.8. The molecule has 0 radical (unpaired) electrons. The van der Waals surface area contributed by atoms with E-state index in [2.05, 4.69) is 40.3 Å². The van der Waals surface area contributed by atoms with E-state index in [1.54, 1.807) is 18.5 Å². The van der Waals surface area contributed by atoms with Crippen LogP contribution in [0.4, 0.5) is 5.69 Å². The number of nitrogens with two attached hydrogens (primary N) is 1. The van der Waals surface area contributed by atoms with Crippen LogP contribution < -0.4 is 5.73 Å². The third-order valence-electron chi connectivity index (χ3n) is 8.23. The Morgan fingerprint density at radius 1 is 0.412 bits per heavy atom. The molecule has 7 nitrogen and oxygen atoms in total. The summed E-state index contributed by atoms with van der Waals surface area (Å²) in [6, 6.07) is 49.5. The molecular weight excluding hydrogens is 627 g/mol. The Kier molecular flexibility index (Phi) is 9.52. The summed E-state index contributed by atoms with van der Waals surface area (Å²) in [5, 5.41) is 16.8. The summed E-state index contributed by atoms with van der Waals surface area (Å²) in [7, 11) is 0.